The lowest BCUT2D eigenvalue weighted by Crippen LogP contribution is -2.46. The number of hydrogen-bond acceptors (Lipinski definition) is 2. The van der Waals surface area contributed by atoms with E-state index in [1.807, 2.05) is 0 Å². The Morgan fingerprint density at radius 1 is 1.62 bits per heavy atom. The number of carbonyl (C=O) groups is 1. The maximum Gasteiger partial charge on any atom is 0.224 e. The second-order valence-corrected chi connectivity index (χ2v) is 4.42. The smallest absolute Gasteiger partial charge is 0.224 e. The highest BCUT2D eigenvalue weighted by Gasteiger charge is 2.26. The number of hydrogen-bond donors (Lipinski definition) is 2. The second kappa shape index (κ2) is 4.09. The fourth-order valence-corrected chi connectivity index (χ4v) is 1.40. The van der Waals surface area contributed by atoms with Gasteiger partial charge in [-0.2, -0.15) is 0 Å². The van der Waals surface area contributed by atoms with Crippen molar-refractivity contribution in [2.24, 2.45) is 5.92 Å². The van der Waals surface area contributed by atoms with Crippen molar-refractivity contribution in [1.29, 1.82) is 0 Å². The van der Waals surface area contributed by atoms with Gasteiger partial charge in [-0.05, 0) is 33.2 Å². The van der Waals surface area contributed by atoms with Crippen molar-refractivity contribution >= 4 is 5.91 Å². The first-order valence-corrected chi connectivity index (χ1v) is 5.08. The van der Waals surface area contributed by atoms with Crippen LogP contribution in [-0.4, -0.2) is 24.5 Å². The fourth-order valence-electron chi connectivity index (χ4n) is 1.40. The Hall–Kier alpha value is -0.570. The first-order valence-electron chi connectivity index (χ1n) is 5.08. The molecule has 1 heterocycles. The van der Waals surface area contributed by atoms with Crippen LogP contribution < -0.4 is 10.6 Å². The third-order valence-corrected chi connectivity index (χ3v) is 2.78. The average molecular weight is 184 g/mol. The van der Waals surface area contributed by atoms with E-state index in [0.29, 0.717) is 0 Å². The molecule has 0 radical (unpaired) electrons. The van der Waals surface area contributed by atoms with Crippen LogP contribution in [0.25, 0.3) is 0 Å². The molecule has 3 nitrogen and oxygen atoms in total. The van der Waals surface area contributed by atoms with Crippen LogP contribution in [0, 0.1) is 5.92 Å². The highest BCUT2D eigenvalue weighted by molar-refractivity contribution is 5.79. The van der Waals surface area contributed by atoms with Gasteiger partial charge in [0, 0.05) is 12.1 Å². The average Bonchev–Trinajstić information content (AvgIpc) is 2.55. The van der Waals surface area contributed by atoms with Crippen LogP contribution in [0.5, 0.6) is 0 Å². The zero-order valence-corrected chi connectivity index (χ0v) is 8.81. The maximum atomic E-state index is 11.7. The summed E-state index contributed by atoms with van der Waals surface area (Å²) in [6, 6.07) is 0. The van der Waals surface area contributed by atoms with E-state index in [1.54, 1.807) is 0 Å². The normalized spacial score (nSPS) is 23.2. The SMILES string of the molecule is CCC(C)(C)NC(=O)C1CCNC1. The Morgan fingerprint density at radius 2 is 2.31 bits per heavy atom. The van der Waals surface area contributed by atoms with Crippen molar-refractivity contribution in [3.8, 4) is 0 Å². The molecule has 1 fully saturated rings. The Morgan fingerprint density at radius 3 is 2.77 bits per heavy atom. The molecule has 0 bridgehead atoms. The van der Waals surface area contributed by atoms with Gasteiger partial charge >= 0.3 is 0 Å². The highest BCUT2D eigenvalue weighted by Crippen LogP contribution is 2.12. The van der Waals surface area contributed by atoms with Crippen LogP contribution in [0.3, 0.4) is 0 Å². The Kier molecular flexibility index (Phi) is 3.31. The molecule has 0 aromatic rings. The summed E-state index contributed by atoms with van der Waals surface area (Å²) >= 11 is 0. The standard InChI is InChI=1S/C10H20N2O/c1-4-10(2,3)12-9(13)8-5-6-11-7-8/h8,11H,4-7H2,1-3H3,(H,12,13). The highest BCUT2D eigenvalue weighted by atomic mass is 16.2. The molecular formula is C10H20N2O. The van der Waals surface area contributed by atoms with Crippen molar-refractivity contribution in [1.82, 2.24) is 10.6 Å². The van der Waals surface area contributed by atoms with Crippen molar-refractivity contribution in [3.05, 3.63) is 0 Å². The Labute approximate surface area is 80.3 Å². The van der Waals surface area contributed by atoms with Crippen molar-refractivity contribution < 1.29 is 4.79 Å². The molecule has 76 valence electrons. The molecule has 0 spiro atoms. The predicted molar refractivity (Wildman–Crippen MR) is 53.5 cm³/mol. The van der Waals surface area contributed by atoms with Crippen LogP contribution >= 0.6 is 0 Å². The van der Waals surface area contributed by atoms with Gasteiger partial charge in [0.2, 0.25) is 5.91 Å². The first kappa shape index (κ1) is 10.5. The molecule has 13 heavy (non-hydrogen) atoms. The van der Waals surface area contributed by atoms with Crippen LogP contribution in [0.15, 0.2) is 0 Å². The van der Waals surface area contributed by atoms with E-state index < -0.39 is 0 Å². The molecular weight excluding hydrogens is 164 g/mol. The van der Waals surface area contributed by atoms with Crippen molar-refractivity contribution in [2.45, 2.75) is 39.2 Å². The lowest BCUT2D eigenvalue weighted by atomic mass is 9.99. The summed E-state index contributed by atoms with van der Waals surface area (Å²) in [5.41, 5.74) is -0.0559. The minimum absolute atomic E-state index is 0.0559. The molecule has 1 aliphatic heterocycles. The van der Waals surface area contributed by atoms with Crippen LogP contribution in [-0.2, 0) is 4.79 Å². The minimum atomic E-state index is -0.0559. The van der Waals surface area contributed by atoms with Crippen molar-refractivity contribution in [3.63, 3.8) is 0 Å². The fraction of sp³-hybridized carbons (Fsp3) is 0.900. The number of amides is 1. The molecule has 1 amide bonds. The van der Waals surface area contributed by atoms with Crippen LogP contribution in [0.2, 0.25) is 0 Å². The molecule has 1 atom stereocenters. The predicted octanol–water partition coefficient (Wildman–Crippen LogP) is 0.901. The van der Waals surface area contributed by atoms with E-state index in [1.165, 1.54) is 0 Å². The maximum absolute atomic E-state index is 11.7. The van der Waals surface area contributed by atoms with Gasteiger partial charge in [-0.3, -0.25) is 4.79 Å². The topological polar surface area (TPSA) is 41.1 Å². The van der Waals surface area contributed by atoms with Crippen LogP contribution in [0.1, 0.15) is 33.6 Å². The van der Waals surface area contributed by atoms with E-state index in [9.17, 15) is 4.79 Å². The van der Waals surface area contributed by atoms with E-state index in [0.717, 1.165) is 25.9 Å². The third-order valence-electron chi connectivity index (χ3n) is 2.78. The first-order chi connectivity index (χ1) is 6.05. The zero-order valence-electron chi connectivity index (χ0n) is 8.81. The summed E-state index contributed by atoms with van der Waals surface area (Å²) in [5.74, 6) is 0.391. The van der Waals surface area contributed by atoms with E-state index in [-0.39, 0.29) is 17.4 Å². The number of carbonyl (C=O) groups excluding carboxylic acids is 1. The lowest BCUT2D eigenvalue weighted by molar-refractivity contribution is -0.126. The lowest BCUT2D eigenvalue weighted by Gasteiger charge is -2.26. The summed E-state index contributed by atoms with van der Waals surface area (Å²) in [6.07, 6.45) is 1.95. The third kappa shape index (κ3) is 2.99. The molecule has 1 unspecified atom stereocenters. The summed E-state index contributed by atoms with van der Waals surface area (Å²) in [4.78, 5) is 11.7. The molecule has 1 rings (SSSR count). The quantitative estimate of drug-likeness (QED) is 0.684. The van der Waals surface area contributed by atoms with Gasteiger partial charge in [0.15, 0.2) is 0 Å². The van der Waals surface area contributed by atoms with Gasteiger partial charge in [0.05, 0.1) is 5.92 Å². The Bertz CT molecular complexity index is 183. The summed E-state index contributed by atoms with van der Waals surface area (Å²) in [7, 11) is 0. The molecule has 0 aromatic carbocycles. The van der Waals surface area contributed by atoms with Gasteiger partial charge in [0.25, 0.3) is 0 Å². The number of nitrogens with one attached hydrogen (secondary N) is 2. The molecule has 1 saturated heterocycles. The second-order valence-electron chi connectivity index (χ2n) is 4.42. The van der Waals surface area contributed by atoms with Gasteiger partial charge in [-0.25, -0.2) is 0 Å². The minimum Gasteiger partial charge on any atom is -0.351 e. The number of rotatable bonds is 3. The molecule has 0 aromatic heterocycles. The largest absolute Gasteiger partial charge is 0.351 e. The summed E-state index contributed by atoms with van der Waals surface area (Å²) < 4.78 is 0. The van der Waals surface area contributed by atoms with Gasteiger partial charge in [-0.15, -0.1) is 0 Å². The summed E-state index contributed by atoms with van der Waals surface area (Å²) in [6.45, 7) is 8.03. The van der Waals surface area contributed by atoms with Gasteiger partial charge < -0.3 is 10.6 Å². The molecule has 3 heteroatoms. The van der Waals surface area contributed by atoms with Crippen LogP contribution in [0.4, 0.5) is 0 Å². The van der Waals surface area contributed by atoms with E-state index in [2.05, 4.69) is 31.4 Å². The van der Waals surface area contributed by atoms with Crippen molar-refractivity contribution in [2.75, 3.05) is 13.1 Å². The summed E-state index contributed by atoms with van der Waals surface area (Å²) in [5, 5.41) is 6.27. The van der Waals surface area contributed by atoms with E-state index >= 15 is 0 Å². The Balaban J connectivity index is 2.40. The van der Waals surface area contributed by atoms with Gasteiger partial charge in [-0.1, -0.05) is 6.92 Å². The monoisotopic (exact) mass is 184 g/mol. The molecule has 0 aliphatic carbocycles. The molecule has 2 N–H and O–H groups in total. The zero-order chi connectivity index (χ0) is 9.90. The molecule has 1 aliphatic rings. The molecule has 0 saturated carbocycles. The van der Waals surface area contributed by atoms with E-state index in [4.69, 9.17) is 0 Å². The van der Waals surface area contributed by atoms with Gasteiger partial charge in [0.1, 0.15) is 0 Å².